The van der Waals surface area contributed by atoms with Gasteiger partial charge < -0.3 is 4.74 Å². The lowest BCUT2D eigenvalue weighted by Crippen LogP contribution is -1.80. The summed E-state index contributed by atoms with van der Waals surface area (Å²) >= 11 is 1.66. The Morgan fingerprint density at radius 3 is 2.21 bits per heavy atom. The standard InChI is InChI=1S/C12H12OS/c1-9-3-6-11(7-4-9)13-12-8-5-10(2)14-12/h3-8H,1-2H3. The lowest BCUT2D eigenvalue weighted by molar-refractivity contribution is 0.496. The van der Waals surface area contributed by atoms with Crippen molar-refractivity contribution in [1.29, 1.82) is 0 Å². The van der Waals surface area contributed by atoms with Gasteiger partial charge in [0.05, 0.1) is 0 Å². The molecule has 2 heteroatoms. The van der Waals surface area contributed by atoms with E-state index < -0.39 is 0 Å². The Morgan fingerprint density at radius 2 is 1.64 bits per heavy atom. The molecule has 0 bridgehead atoms. The summed E-state index contributed by atoms with van der Waals surface area (Å²) in [4.78, 5) is 1.27. The van der Waals surface area contributed by atoms with E-state index in [0.717, 1.165) is 10.8 Å². The molecule has 72 valence electrons. The topological polar surface area (TPSA) is 9.23 Å². The van der Waals surface area contributed by atoms with Gasteiger partial charge in [-0.1, -0.05) is 17.7 Å². The molecule has 1 nitrogen and oxygen atoms in total. The van der Waals surface area contributed by atoms with E-state index in [1.807, 2.05) is 18.2 Å². The normalized spacial score (nSPS) is 10.1. The van der Waals surface area contributed by atoms with E-state index in [9.17, 15) is 0 Å². The summed E-state index contributed by atoms with van der Waals surface area (Å²) in [6.45, 7) is 4.14. The van der Waals surface area contributed by atoms with E-state index in [-0.39, 0.29) is 0 Å². The summed E-state index contributed by atoms with van der Waals surface area (Å²) in [6, 6.07) is 12.1. The molecule has 0 aliphatic carbocycles. The molecule has 0 amide bonds. The molecule has 0 saturated heterocycles. The van der Waals surface area contributed by atoms with Crippen molar-refractivity contribution in [1.82, 2.24) is 0 Å². The molecule has 0 aliphatic rings. The number of ether oxygens (including phenoxy) is 1. The van der Waals surface area contributed by atoms with Crippen molar-refractivity contribution in [2.75, 3.05) is 0 Å². The van der Waals surface area contributed by atoms with Crippen LogP contribution in [0.15, 0.2) is 36.4 Å². The molecular formula is C12H12OS. The molecule has 0 aliphatic heterocycles. The fraction of sp³-hybridized carbons (Fsp3) is 0.167. The fourth-order valence-electron chi connectivity index (χ4n) is 1.19. The van der Waals surface area contributed by atoms with Gasteiger partial charge in [0.15, 0.2) is 5.06 Å². The second-order valence-corrected chi connectivity index (χ2v) is 4.53. The Morgan fingerprint density at radius 1 is 0.929 bits per heavy atom. The van der Waals surface area contributed by atoms with Crippen molar-refractivity contribution < 1.29 is 4.74 Å². The summed E-state index contributed by atoms with van der Waals surface area (Å²) < 4.78 is 5.67. The van der Waals surface area contributed by atoms with Gasteiger partial charge in [-0.25, -0.2) is 0 Å². The van der Waals surface area contributed by atoms with E-state index >= 15 is 0 Å². The van der Waals surface area contributed by atoms with Gasteiger partial charge in [-0.15, -0.1) is 11.3 Å². The maximum Gasteiger partial charge on any atom is 0.181 e. The lowest BCUT2D eigenvalue weighted by Gasteiger charge is -2.02. The summed E-state index contributed by atoms with van der Waals surface area (Å²) in [5.74, 6) is 0.900. The average Bonchev–Trinajstić information content (AvgIpc) is 2.56. The van der Waals surface area contributed by atoms with Gasteiger partial charge in [0, 0.05) is 4.88 Å². The molecule has 0 atom stereocenters. The molecular weight excluding hydrogens is 192 g/mol. The zero-order valence-electron chi connectivity index (χ0n) is 8.28. The third-order valence-corrected chi connectivity index (χ3v) is 2.83. The summed E-state index contributed by atoms with van der Waals surface area (Å²) in [6.07, 6.45) is 0. The molecule has 14 heavy (non-hydrogen) atoms. The smallest absolute Gasteiger partial charge is 0.181 e. The first-order chi connectivity index (χ1) is 6.74. The molecule has 1 aromatic heterocycles. The van der Waals surface area contributed by atoms with E-state index in [1.165, 1.54) is 10.4 Å². The lowest BCUT2D eigenvalue weighted by atomic mass is 10.2. The second kappa shape index (κ2) is 3.84. The van der Waals surface area contributed by atoms with Crippen molar-refractivity contribution >= 4 is 11.3 Å². The molecule has 0 fully saturated rings. The Kier molecular flexibility index (Phi) is 2.55. The van der Waals surface area contributed by atoms with Crippen molar-refractivity contribution in [3.8, 4) is 10.8 Å². The van der Waals surface area contributed by atoms with Crippen molar-refractivity contribution in [3.63, 3.8) is 0 Å². The van der Waals surface area contributed by atoms with Gasteiger partial charge in [-0.2, -0.15) is 0 Å². The van der Waals surface area contributed by atoms with Crippen LogP contribution in [0.4, 0.5) is 0 Å². The number of hydrogen-bond donors (Lipinski definition) is 0. The maximum atomic E-state index is 5.67. The number of hydrogen-bond acceptors (Lipinski definition) is 2. The predicted octanol–water partition coefficient (Wildman–Crippen LogP) is 4.16. The summed E-state index contributed by atoms with van der Waals surface area (Å²) in [5.41, 5.74) is 1.25. The van der Waals surface area contributed by atoms with Gasteiger partial charge >= 0.3 is 0 Å². The molecule has 0 N–H and O–H groups in total. The van der Waals surface area contributed by atoms with Crippen LogP contribution in [0.2, 0.25) is 0 Å². The molecule has 1 heterocycles. The number of thiophene rings is 1. The van der Waals surface area contributed by atoms with Crippen LogP contribution >= 0.6 is 11.3 Å². The van der Waals surface area contributed by atoms with E-state index in [0.29, 0.717) is 0 Å². The number of benzene rings is 1. The molecule has 2 aromatic rings. The summed E-state index contributed by atoms with van der Waals surface area (Å²) in [5, 5.41) is 0.950. The molecule has 2 rings (SSSR count). The van der Waals surface area contributed by atoms with E-state index in [2.05, 4.69) is 32.0 Å². The van der Waals surface area contributed by atoms with Crippen LogP contribution in [-0.4, -0.2) is 0 Å². The molecule has 0 radical (unpaired) electrons. The SMILES string of the molecule is Cc1ccc(Oc2ccc(C)s2)cc1. The van der Waals surface area contributed by atoms with Gasteiger partial charge in [-0.05, 0) is 38.1 Å². The highest BCUT2D eigenvalue weighted by molar-refractivity contribution is 7.13. The third kappa shape index (κ3) is 2.15. The number of rotatable bonds is 2. The molecule has 0 unspecified atom stereocenters. The van der Waals surface area contributed by atoms with E-state index in [1.54, 1.807) is 11.3 Å². The Hall–Kier alpha value is -1.28. The molecule has 1 aromatic carbocycles. The molecule has 0 spiro atoms. The first-order valence-electron chi connectivity index (χ1n) is 4.55. The molecule has 0 saturated carbocycles. The van der Waals surface area contributed by atoms with Crippen LogP contribution in [0.25, 0.3) is 0 Å². The zero-order valence-corrected chi connectivity index (χ0v) is 9.10. The van der Waals surface area contributed by atoms with Crippen molar-refractivity contribution in [2.45, 2.75) is 13.8 Å². The number of aryl methyl sites for hydroxylation is 2. The van der Waals surface area contributed by atoms with Gasteiger partial charge in [0.1, 0.15) is 5.75 Å². The largest absolute Gasteiger partial charge is 0.447 e. The average molecular weight is 204 g/mol. The minimum Gasteiger partial charge on any atom is -0.447 e. The quantitative estimate of drug-likeness (QED) is 0.713. The van der Waals surface area contributed by atoms with Crippen molar-refractivity contribution in [2.24, 2.45) is 0 Å². The second-order valence-electron chi connectivity index (χ2n) is 3.28. The third-order valence-electron chi connectivity index (χ3n) is 1.96. The van der Waals surface area contributed by atoms with Crippen LogP contribution in [-0.2, 0) is 0 Å². The minimum atomic E-state index is 0.900. The first-order valence-corrected chi connectivity index (χ1v) is 5.37. The Labute approximate surface area is 88.0 Å². The summed E-state index contributed by atoms with van der Waals surface area (Å²) in [7, 11) is 0. The highest BCUT2D eigenvalue weighted by Gasteiger charge is 1.98. The van der Waals surface area contributed by atoms with Gasteiger partial charge in [0.25, 0.3) is 0 Å². The predicted molar refractivity (Wildman–Crippen MR) is 60.3 cm³/mol. The fourth-order valence-corrected chi connectivity index (χ4v) is 1.92. The van der Waals surface area contributed by atoms with Crippen LogP contribution < -0.4 is 4.74 Å². The van der Waals surface area contributed by atoms with Crippen LogP contribution in [0.3, 0.4) is 0 Å². The maximum absolute atomic E-state index is 5.67. The van der Waals surface area contributed by atoms with Crippen LogP contribution in [0.5, 0.6) is 10.8 Å². The zero-order chi connectivity index (χ0) is 9.97. The van der Waals surface area contributed by atoms with E-state index in [4.69, 9.17) is 4.74 Å². The Balaban J connectivity index is 2.15. The minimum absolute atomic E-state index is 0.900. The monoisotopic (exact) mass is 204 g/mol. The first kappa shape index (κ1) is 9.28. The van der Waals surface area contributed by atoms with Gasteiger partial charge in [-0.3, -0.25) is 0 Å². The van der Waals surface area contributed by atoms with Crippen LogP contribution in [0, 0.1) is 13.8 Å². The highest BCUT2D eigenvalue weighted by Crippen LogP contribution is 2.28. The van der Waals surface area contributed by atoms with Crippen LogP contribution in [0.1, 0.15) is 10.4 Å². The van der Waals surface area contributed by atoms with Gasteiger partial charge in [0.2, 0.25) is 0 Å². The highest BCUT2D eigenvalue weighted by atomic mass is 32.1. The van der Waals surface area contributed by atoms with Crippen molar-refractivity contribution in [3.05, 3.63) is 46.8 Å². The Bertz CT molecular complexity index is 414.